The van der Waals surface area contributed by atoms with E-state index < -0.39 is 6.10 Å². The SMILES string of the molecule is CC(C)CC(=O)c1c(O)cc(O)cc1OCC(O)CNC(C)(C)C. The van der Waals surface area contributed by atoms with Crippen LogP contribution in [0.5, 0.6) is 17.2 Å². The second-order valence-corrected chi connectivity index (χ2v) is 7.45. The van der Waals surface area contributed by atoms with Gasteiger partial charge in [0.2, 0.25) is 0 Å². The Morgan fingerprint density at radius 1 is 1.25 bits per heavy atom. The normalized spacial score (nSPS) is 13.1. The Morgan fingerprint density at radius 2 is 1.88 bits per heavy atom. The number of aromatic hydroxyl groups is 2. The van der Waals surface area contributed by atoms with Gasteiger partial charge in [-0.1, -0.05) is 13.8 Å². The lowest BCUT2D eigenvalue weighted by atomic mass is 9.99. The summed E-state index contributed by atoms with van der Waals surface area (Å²) in [4.78, 5) is 12.3. The third-order valence-corrected chi connectivity index (χ3v) is 3.24. The molecule has 0 radical (unpaired) electrons. The van der Waals surface area contributed by atoms with Crippen LogP contribution in [0.3, 0.4) is 0 Å². The first-order chi connectivity index (χ1) is 11.0. The monoisotopic (exact) mass is 339 g/mol. The van der Waals surface area contributed by atoms with Crippen molar-refractivity contribution in [3.05, 3.63) is 17.7 Å². The lowest BCUT2D eigenvalue weighted by molar-refractivity contribution is 0.0919. The number of benzene rings is 1. The number of rotatable bonds is 8. The highest BCUT2D eigenvalue weighted by Crippen LogP contribution is 2.34. The van der Waals surface area contributed by atoms with Crippen LogP contribution in [0.4, 0.5) is 0 Å². The summed E-state index contributed by atoms with van der Waals surface area (Å²) in [6.45, 7) is 10.0. The smallest absolute Gasteiger partial charge is 0.170 e. The van der Waals surface area contributed by atoms with Crippen LogP contribution in [-0.2, 0) is 0 Å². The minimum Gasteiger partial charge on any atom is -0.508 e. The first kappa shape index (κ1) is 20.3. The highest BCUT2D eigenvalue weighted by atomic mass is 16.5. The maximum absolute atomic E-state index is 12.3. The summed E-state index contributed by atoms with van der Waals surface area (Å²) in [7, 11) is 0. The molecule has 6 nitrogen and oxygen atoms in total. The predicted octanol–water partition coefficient (Wildman–Crippen LogP) is 2.45. The molecule has 6 heteroatoms. The minimum atomic E-state index is -0.790. The molecule has 0 bridgehead atoms. The summed E-state index contributed by atoms with van der Waals surface area (Å²) in [6, 6.07) is 2.38. The number of carbonyl (C=O) groups is 1. The summed E-state index contributed by atoms with van der Waals surface area (Å²) < 4.78 is 5.50. The third-order valence-electron chi connectivity index (χ3n) is 3.24. The van der Waals surface area contributed by atoms with Crippen molar-refractivity contribution >= 4 is 5.78 Å². The second kappa shape index (κ2) is 8.35. The molecule has 0 aliphatic heterocycles. The second-order valence-electron chi connectivity index (χ2n) is 7.45. The van der Waals surface area contributed by atoms with Crippen molar-refractivity contribution in [2.45, 2.75) is 52.7 Å². The van der Waals surface area contributed by atoms with Crippen molar-refractivity contribution in [1.82, 2.24) is 5.32 Å². The zero-order valence-corrected chi connectivity index (χ0v) is 15.1. The van der Waals surface area contributed by atoms with Gasteiger partial charge in [-0.2, -0.15) is 0 Å². The number of ether oxygens (including phenoxy) is 1. The molecule has 136 valence electrons. The van der Waals surface area contributed by atoms with Gasteiger partial charge in [0.1, 0.15) is 35.5 Å². The lowest BCUT2D eigenvalue weighted by Crippen LogP contribution is -2.42. The molecule has 0 fully saturated rings. The molecule has 1 aromatic carbocycles. The van der Waals surface area contributed by atoms with Crippen LogP contribution in [0, 0.1) is 5.92 Å². The Bertz CT molecular complexity index is 563. The van der Waals surface area contributed by atoms with Crippen LogP contribution < -0.4 is 10.1 Å². The number of Topliss-reactive ketones (excluding diaryl/α,β-unsaturated/α-hetero) is 1. The Labute approximate surface area is 143 Å². The highest BCUT2D eigenvalue weighted by Gasteiger charge is 2.21. The molecule has 1 rings (SSSR count). The molecule has 0 saturated carbocycles. The van der Waals surface area contributed by atoms with E-state index in [9.17, 15) is 20.1 Å². The van der Waals surface area contributed by atoms with Gasteiger partial charge < -0.3 is 25.4 Å². The number of hydrogen-bond acceptors (Lipinski definition) is 6. The molecule has 0 spiro atoms. The maximum Gasteiger partial charge on any atom is 0.170 e. The molecule has 0 aliphatic rings. The van der Waals surface area contributed by atoms with Crippen molar-refractivity contribution in [1.29, 1.82) is 0 Å². The summed E-state index contributed by atoms with van der Waals surface area (Å²) in [5.41, 5.74) is -0.0969. The molecule has 1 unspecified atom stereocenters. The standard InChI is InChI=1S/C18H29NO5/c1-11(2)6-14(22)17-15(23)7-12(20)8-16(17)24-10-13(21)9-19-18(3,4)5/h7-8,11,13,19-21,23H,6,9-10H2,1-5H3. The van der Waals surface area contributed by atoms with Crippen molar-refractivity contribution < 1.29 is 24.9 Å². The van der Waals surface area contributed by atoms with Gasteiger partial charge in [0.25, 0.3) is 0 Å². The number of aliphatic hydroxyl groups excluding tert-OH is 1. The van der Waals surface area contributed by atoms with Crippen LogP contribution in [0.2, 0.25) is 0 Å². The van der Waals surface area contributed by atoms with E-state index in [1.165, 1.54) is 6.07 Å². The van der Waals surface area contributed by atoms with E-state index >= 15 is 0 Å². The van der Waals surface area contributed by atoms with Crippen LogP contribution in [0.25, 0.3) is 0 Å². The summed E-state index contributed by atoms with van der Waals surface area (Å²) in [5.74, 6) is -0.586. The molecular weight excluding hydrogens is 310 g/mol. The maximum atomic E-state index is 12.3. The van der Waals surface area contributed by atoms with E-state index in [1.807, 2.05) is 34.6 Å². The molecule has 0 aromatic heterocycles. The average molecular weight is 339 g/mol. The number of phenolic OH excluding ortho intramolecular Hbond substituents is 2. The number of hydrogen-bond donors (Lipinski definition) is 4. The largest absolute Gasteiger partial charge is 0.508 e. The Balaban J connectivity index is 2.84. The first-order valence-electron chi connectivity index (χ1n) is 8.14. The molecule has 1 atom stereocenters. The van der Waals surface area contributed by atoms with E-state index in [4.69, 9.17) is 4.74 Å². The van der Waals surface area contributed by atoms with Crippen molar-refractivity contribution in [2.75, 3.05) is 13.2 Å². The van der Waals surface area contributed by atoms with Gasteiger partial charge in [-0.3, -0.25) is 4.79 Å². The quantitative estimate of drug-likeness (QED) is 0.543. The van der Waals surface area contributed by atoms with Gasteiger partial charge in [-0.25, -0.2) is 0 Å². The fraction of sp³-hybridized carbons (Fsp3) is 0.611. The molecule has 0 saturated heterocycles. The molecule has 24 heavy (non-hydrogen) atoms. The highest BCUT2D eigenvalue weighted by molar-refractivity contribution is 6.01. The van der Waals surface area contributed by atoms with E-state index in [1.54, 1.807) is 0 Å². The zero-order valence-electron chi connectivity index (χ0n) is 15.1. The summed E-state index contributed by atoms with van der Waals surface area (Å²) >= 11 is 0. The van der Waals surface area contributed by atoms with Crippen LogP contribution in [0.15, 0.2) is 12.1 Å². The number of phenols is 2. The van der Waals surface area contributed by atoms with Gasteiger partial charge in [0.15, 0.2) is 5.78 Å². The number of carbonyl (C=O) groups excluding carboxylic acids is 1. The van der Waals surface area contributed by atoms with Gasteiger partial charge in [0.05, 0.1) is 0 Å². The van der Waals surface area contributed by atoms with E-state index in [-0.39, 0.29) is 53.1 Å². The molecule has 0 heterocycles. The molecule has 1 aromatic rings. The predicted molar refractivity (Wildman–Crippen MR) is 92.8 cm³/mol. The Morgan fingerprint density at radius 3 is 2.42 bits per heavy atom. The third kappa shape index (κ3) is 6.76. The average Bonchev–Trinajstić information content (AvgIpc) is 2.40. The number of aliphatic hydroxyl groups is 1. The molecule has 0 aliphatic carbocycles. The molecule has 4 N–H and O–H groups in total. The Hall–Kier alpha value is -1.79. The minimum absolute atomic E-state index is 0.0393. The lowest BCUT2D eigenvalue weighted by Gasteiger charge is -2.23. The van der Waals surface area contributed by atoms with Crippen molar-refractivity contribution in [2.24, 2.45) is 5.92 Å². The van der Waals surface area contributed by atoms with Gasteiger partial charge in [-0.15, -0.1) is 0 Å². The van der Waals surface area contributed by atoms with Gasteiger partial charge in [0, 0.05) is 30.6 Å². The van der Waals surface area contributed by atoms with E-state index in [0.29, 0.717) is 6.54 Å². The number of β-amino-alcohol motifs (C(OH)–C–C–N with tert-alkyl or cyclic N) is 1. The van der Waals surface area contributed by atoms with Crippen molar-refractivity contribution in [3.8, 4) is 17.2 Å². The fourth-order valence-corrected chi connectivity index (χ4v) is 2.12. The number of nitrogens with one attached hydrogen (secondary N) is 1. The molecular formula is C18H29NO5. The van der Waals surface area contributed by atoms with Gasteiger partial charge >= 0.3 is 0 Å². The van der Waals surface area contributed by atoms with Gasteiger partial charge in [-0.05, 0) is 26.7 Å². The van der Waals surface area contributed by atoms with Crippen molar-refractivity contribution in [3.63, 3.8) is 0 Å². The first-order valence-corrected chi connectivity index (χ1v) is 8.14. The topological polar surface area (TPSA) is 99.0 Å². The van der Waals surface area contributed by atoms with E-state index in [0.717, 1.165) is 6.07 Å². The van der Waals surface area contributed by atoms with Crippen LogP contribution in [0.1, 0.15) is 51.4 Å². The van der Waals surface area contributed by atoms with Crippen LogP contribution >= 0.6 is 0 Å². The number of ketones is 1. The molecule has 0 amide bonds. The van der Waals surface area contributed by atoms with Crippen LogP contribution in [-0.4, -0.2) is 45.9 Å². The zero-order chi connectivity index (χ0) is 18.5. The summed E-state index contributed by atoms with van der Waals surface area (Å²) in [5, 5.41) is 32.8. The van der Waals surface area contributed by atoms with E-state index in [2.05, 4.69) is 5.32 Å². The Kier molecular flexibility index (Phi) is 7.05. The summed E-state index contributed by atoms with van der Waals surface area (Å²) in [6.07, 6.45) is -0.537. The fourth-order valence-electron chi connectivity index (χ4n) is 2.12.